The van der Waals surface area contributed by atoms with Crippen LogP contribution in [0.25, 0.3) is 0 Å². The van der Waals surface area contributed by atoms with Crippen LogP contribution in [-0.4, -0.2) is 48.2 Å². The Morgan fingerprint density at radius 3 is 2.43 bits per heavy atom. The van der Waals surface area contributed by atoms with E-state index in [1.807, 2.05) is 0 Å². The maximum absolute atomic E-state index is 12.2. The van der Waals surface area contributed by atoms with Crippen molar-refractivity contribution >= 4 is 11.9 Å². The van der Waals surface area contributed by atoms with Crippen LogP contribution in [-0.2, 0) is 14.3 Å². The molecule has 1 aliphatic heterocycles. The van der Waals surface area contributed by atoms with E-state index in [-0.39, 0.29) is 12.3 Å². The highest BCUT2D eigenvalue weighted by molar-refractivity contribution is 5.82. The number of carbonyl (C=O) groups excluding carboxylic acids is 1. The maximum Gasteiger partial charge on any atom is 0.307 e. The Bertz CT molecular complexity index is 346. The van der Waals surface area contributed by atoms with Gasteiger partial charge < -0.3 is 14.7 Å². The molecular weight excluding hydrogens is 270 g/mol. The van der Waals surface area contributed by atoms with Crippen molar-refractivity contribution in [3.8, 4) is 0 Å². The third kappa shape index (κ3) is 5.30. The zero-order valence-electron chi connectivity index (χ0n) is 12.8. The summed E-state index contributed by atoms with van der Waals surface area (Å²) >= 11 is 0. The largest absolute Gasteiger partial charge is 0.481 e. The first kappa shape index (κ1) is 16.3. The second-order valence-electron chi connectivity index (χ2n) is 6.31. The molecule has 2 aliphatic rings. The highest BCUT2D eigenvalue weighted by Crippen LogP contribution is 2.29. The summed E-state index contributed by atoms with van der Waals surface area (Å²) in [4.78, 5) is 25.3. The van der Waals surface area contributed by atoms with E-state index in [1.165, 1.54) is 32.1 Å². The normalized spacial score (nSPS) is 22.0. The number of rotatable bonds is 6. The van der Waals surface area contributed by atoms with E-state index in [2.05, 4.69) is 0 Å². The number of carboxylic acids is 1. The third-order valence-electron chi connectivity index (χ3n) is 4.78. The summed E-state index contributed by atoms with van der Waals surface area (Å²) in [7, 11) is 0. The van der Waals surface area contributed by atoms with E-state index in [4.69, 9.17) is 4.74 Å². The van der Waals surface area contributed by atoms with Crippen molar-refractivity contribution in [1.29, 1.82) is 0 Å². The van der Waals surface area contributed by atoms with Crippen LogP contribution in [0, 0.1) is 11.8 Å². The monoisotopic (exact) mass is 297 g/mol. The number of hydrogen-bond donors (Lipinski definition) is 1. The fourth-order valence-corrected chi connectivity index (χ4v) is 3.38. The molecule has 2 fully saturated rings. The van der Waals surface area contributed by atoms with Gasteiger partial charge in [-0.05, 0) is 18.8 Å². The van der Waals surface area contributed by atoms with Gasteiger partial charge in [0, 0.05) is 19.5 Å². The van der Waals surface area contributed by atoms with Crippen LogP contribution in [0.1, 0.15) is 51.4 Å². The van der Waals surface area contributed by atoms with Crippen molar-refractivity contribution in [2.45, 2.75) is 51.4 Å². The molecule has 21 heavy (non-hydrogen) atoms. The van der Waals surface area contributed by atoms with Crippen molar-refractivity contribution in [3.63, 3.8) is 0 Å². The predicted molar refractivity (Wildman–Crippen MR) is 79.0 cm³/mol. The van der Waals surface area contributed by atoms with Gasteiger partial charge in [-0.3, -0.25) is 9.59 Å². The fraction of sp³-hybridized carbons (Fsp3) is 0.875. The molecule has 1 N–H and O–H groups in total. The highest BCUT2D eigenvalue weighted by Gasteiger charge is 2.26. The SMILES string of the molecule is O=C(O)C(CCC1CCCCC1)CC(=O)N1CCOCC1. The average molecular weight is 297 g/mol. The molecule has 5 nitrogen and oxygen atoms in total. The van der Waals surface area contributed by atoms with E-state index in [9.17, 15) is 14.7 Å². The molecule has 0 radical (unpaired) electrons. The van der Waals surface area contributed by atoms with Crippen LogP contribution in [0.5, 0.6) is 0 Å². The van der Waals surface area contributed by atoms with Gasteiger partial charge in [-0.25, -0.2) is 0 Å². The number of nitrogens with zero attached hydrogens (tertiary/aromatic N) is 1. The van der Waals surface area contributed by atoms with Gasteiger partial charge in [-0.15, -0.1) is 0 Å². The Labute approximate surface area is 126 Å². The van der Waals surface area contributed by atoms with Crippen LogP contribution in [0.4, 0.5) is 0 Å². The molecule has 0 aromatic heterocycles. The summed E-state index contributed by atoms with van der Waals surface area (Å²) in [6.07, 6.45) is 8.04. The molecule has 1 amide bonds. The second kappa shape index (κ2) is 8.37. The molecular formula is C16H27NO4. The molecule has 0 aromatic rings. The lowest BCUT2D eigenvalue weighted by molar-refractivity contribution is -0.147. The van der Waals surface area contributed by atoms with Gasteiger partial charge in [0.15, 0.2) is 0 Å². The van der Waals surface area contributed by atoms with E-state index in [1.54, 1.807) is 4.90 Å². The Hall–Kier alpha value is -1.10. The highest BCUT2D eigenvalue weighted by atomic mass is 16.5. The van der Waals surface area contributed by atoms with Crippen LogP contribution >= 0.6 is 0 Å². The number of morpholine rings is 1. The van der Waals surface area contributed by atoms with Crippen molar-refractivity contribution in [1.82, 2.24) is 4.90 Å². The summed E-state index contributed by atoms with van der Waals surface area (Å²) in [5, 5.41) is 9.35. The smallest absolute Gasteiger partial charge is 0.307 e. The molecule has 0 spiro atoms. The first-order valence-electron chi connectivity index (χ1n) is 8.25. The molecule has 1 aliphatic carbocycles. The third-order valence-corrected chi connectivity index (χ3v) is 4.78. The predicted octanol–water partition coefficient (Wildman–Crippen LogP) is 2.30. The fourth-order valence-electron chi connectivity index (χ4n) is 3.38. The quantitative estimate of drug-likeness (QED) is 0.817. The van der Waals surface area contributed by atoms with Gasteiger partial charge in [0.2, 0.25) is 5.91 Å². The van der Waals surface area contributed by atoms with Crippen molar-refractivity contribution in [2.24, 2.45) is 11.8 Å². The Morgan fingerprint density at radius 1 is 1.14 bits per heavy atom. The lowest BCUT2D eigenvalue weighted by Gasteiger charge is -2.28. The van der Waals surface area contributed by atoms with Gasteiger partial charge >= 0.3 is 5.97 Å². The zero-order valence-corrected chi connectivity index (χ0v) is 12.8. The Morgan fingerprint density at radius 2 is 1.81 bits per heavy atom. The van der Waals surface area contributed by atoms with Crippen LogP contribution in [0.3, 0.4) is 0 Å². The molecule has 1 heterocycles. The minimum Gasteiger partial charge on any atom is -0.481 e. The molecule has 2 rings (SSSR count). The molecule has 1 saturated carbocycles. The standard InChI is InChI=1S/C16H27NO4/c18-15(17-8-10-21-11-9-17)12-14(16(19)20)7-6-13-4-2-1-3-5-13/h13-14H,1-12H2,(H,19,20). The van der Waals surface area contributed by atoms with Crippen molar-refractivity contribution in [2.75, 3.05) is 26.3 Å². The summed E-state index contributed by atoms with van der Waals surface area (Å²) in [5.41, 5.74) is 0. The summed E-state index contributed by atoms with van der Waals surface area (Å²) in [6, 6.07) is 0. The number of ether oxygens (including phenoxy) is 1. The summed E-state index contributed by atoms with van der Waals surface area (Å²) in [5.74, 6) is -0.719. The van der Waals surface area contributed by atoms with Crippen molar-refractivity contribution in [3.05, 3.63) is 0 Å². The van der Waals surface area contributed by atoms with E-state index >= 15 is 0 Å². The molecule has 5 heteroatoms. The van der Waals surface area contributed by atoms with Gasteiger partial charge in [0.1, 0.15) is 0 Å². The first-order valence-corrected chi connectivity index (χ1v) is 8.25. The average Bonchev–Trinajstić information content (AvgIpc) is 2.52. The Balaban J connectivity index is 1.77. The minimum absolute atomic E-state index is 0.0330. The van der Waals surface area contributed by atoms with E-state index in [0.717, 1.165) is 6.42 Å². The van der Waals surface area contributed by atoms with Gasteiger partial charge in [-0.1, -0.05) is 32.1 Å². The second-order valence-corrected chi connectivity index (χ2v) is 6.31. The number of aliphatic carboxylic acids is 1. The number of amides is 1. The molecule has 1 atom stereocenters. The molecule has 0 bridgehead atoms. The lowest BCUT2D eigenvalue weighted by Crippen LogP contribution is -2.41. The summed E-state index contributed by atoms with van der Waals surface area (Å²) < 4.78 is 5.22. The number of carbonyl (C=O) groups is 2. The van der Waals surface area contributed by atoms with Gasteiger partial charge in [-0.2, -0.15) is 0 Å². The van der Waals surface area contributed by atoms with E-state index < -0.39 is 11.9 Å². The number of hydrogen-bond acceptors (Lipinski definition) is 3. The van der Waals surface area contributed by atoms with E-state index in [0.29, 0.717) is 38.6 Å². The van der Waals surface area contributed by atoms with Gasteiger partial charge in [0.05, 0.1) is 19.1 Å². The molecule has 1 unspecified atom stereocenters. The lowest BCUT2D eigenvalue weighted by atomic mass is 9.83. The molecule has 0 aromatic carbocycles. The molecule has 1 saturated heterocycles. The topological polar surface area (TPSA) is 66.8 Å². The van der Waals surface area contributed by atoms with Crippen molar-refractivity contribution < 1.29 is 19.4 Å². The summed E-state index contributed by atoms with van der Waals surface area (Å²) in [6.45, 7) is 2.30. The molecule has 120 valence electrons. The van der Waals surface area contributed by atoms with Crippen LogP contribution in [0.2, 0.25) is 0 Å². The van der Waals surface area contributed by atoms with Gasteiger partial charge in [0.25, 0.3) is 0 Å². The first-order chi connectivity index (χ1) is 10.2. The minimum atomic E-state index is -0.826. The Kier molecular flexibility index (Phi) is 6.49. The maximum atomic E-state index is 12.2. The van der Waals surface area contributed by atoms with Crippen LogP contribution in [0.15, 0.2) is 0 Å². The zero-order chi connectivity index (χ0) is 15.1. The van der Waals surface area contributed by atoms with Crippen LogP contribution < -0.4 is 0 Å². The number of carboxylic acid groups (broad SMARTS) is 1.